The minimum absolute atomic E-state index is 0.0307. The Bertz CT molecular complexity index is 591. The largest absolute Gasteiger partial charge is 0.481 e. The van der Waals surface area contributed by atoms with Crippen molar-refractivity contribution in [1.82, 2.24) is 10.1 Å². The smallest absolute Gasteiger partial charge is 0.313 e. The van der Waals surface area contributed by atoms with Gasteiger partial charge in [0.2, 0.25) is 0 Å². The average Bonchev–Trinajstić information content (AvgIpc) is 2.89. The molecule has 0 aliphatic carbocycles. The molecular formula is C16H24N2O5. The molecule has 0 spiro atoms. The molecule has 1 amide bonds. The van der Waals surface area contributed by atoms with E-state index in [-0.39, 0.29) is 25.0 Å². The lowest BCUT2D eigenvalue weighted by molar-refractivity contribution is -0.155. The molecule has 0 radical (unpaired) electrons. The molecule has 1 unspecified atom stereocenters. The number of carbonyl (C=O) groups excluding carboxylic acids is 1. The molecule has 7 heteroatoms. The van der Waals surface area contributed by atoms with Gasteiger partial charge in [0.05, 0.1) is 12.3 Å². The Morgan fingerprint density at radius 2 is 2.17 bits per heavy atom. The summed E-state index contributed by atoms with van der Waals surface area (Å²) in [6.45, 7) is 6.34. The summed E-state index contributed by atoms with van der Waals surface area (Å²) in [6, 6.07) is 0. The number of nitrogens with zero attached hydrogens (tertiary/aromatic N) is 2. The summed E-state index contributed by atoms with van der Waals surface area (Å²) in [6.07, 6.45) is 1.13. The maximum absolute atomic E-state index is 12.9. The van der Waals surface area contributed by atoms with Gasteiger partial charge in [-0.3, -0.25) is 9.59 Å². The van der Waals surface area contributed by atoms with Crippen molar-refractivity contribution in [2.75, 3.05) is 26.8 Å². The molecule has 7 nitrogen and oxygen atoms in total. The van der Waals surface area contributed by atoms with Crippen molar-refractivity contribution in [3.63, 3.8) is 0 Å². The summed E-state index contributed by atoms with van der Waals surface area (Å²) >= 11 is 0. The Morgan fingerprint density at radius 3 is 2.74 bits per heavy atom. The van der Waals surface area contributed by atoms with Crippen molar-refractivity contribution in [1.29, 1.82) is 0 Å². The SMILES string of the molecule is COCC1(C(=O)O)CCCN(C(=O)c2c(C)noc2C(C)C)C1. The zero-order valence-electron chi connectivity index (χ0n) is 14.1. The van der Waals surface area contributed by atoms with E-state index < -0.39 is 11.4 Å². The van der Waals surface area contributed by atoms with Gasteiger partial charge in [-0.25, -0.2) is 0 Å². The fourth-order valence-corrected chi connectivity index (χ4v) is 3.14. The molecule has 1 aromatic rings. The van der Waals surface area contributed by atoms with Gasteiger partial charge in [0.15, 0.2) is 5.76 Å². The number of amides is 1. The highest BCUT2D eigenvalue weighted by Gasteiger charge is 2.44. The number of piperidine rings is 1. The van der Waals surface area contributed by atoms with E-state index in [1.807, 2.05) is 13.8 Å². The minimum atomic E-state index is -1.05. The van der Waals surface area contributed by atoms with E-state index in [4.69, 9.17) is 9.26 Å². The molecule has 1 saturated heterocycles. The van der Waals surface area contributed by atoms with E-state index in [1.54, 1.807) is 11.8 Å². The van der Waals surface area contributed by atoms with Crippen LogP contribution in [0.3, 0.4) is 0 Å². The molecule has 2 heterocycles. The standard InChI is InChI=1S/C16H24N2O5/c1-10(2)13-12(11(3)17-23-13)14(19)18-7-5-6-16(8-18,9-22-4)15(20)21/h10H,5-9H2,1-4H3,(H,20,21). The number of carbonyl (C=O) groups is 2. The first-order valence-corrected chi connectivity index (χ1v) is 7.80. The van der Waals surface area contributed by atoms with Crippen molar-refractivity contribution in [3.8, 4) is 0 Å². The second kappa shape index (κ2) is 6.70. The summed E-state index contributed by atoms with van der Waals surface area (Å²) in [5.41, 5.74) is -0.0540. The van der Waals surface area contributed by atoms with Gasteiger partial charge in [-0.15, -0.1) is 0 Å². The van der Waals surface area contributed by atoms with Gasteiger partial charge in [-0.1, -0.05) is 19.0 Å². The van der Waals surface area contributed by atoms with Gasteiger partial charge >= 0.3 is 5.97 Å². The van der Waals surface area contributed by atoms with E-state index in [0.29, 0.717) is 36.4 Å². The number of ether oxygens (including phenoxy) is 1. The highest BCUT2D eigenvalue weighted by atomic mass is 16.5. The molecule has 1 fully saturated rings. The predicted molar refractivity (Wildman–Crippen MR) is 82.4 cm³/mol. The fourth-order valence-electron chi connectivity index (χ4n) is 3.14. The first-order chi connectivity index (χ1) is 10.8. The average molecular weight is 324 g/mol. The van der Waals surface area contributed by atoms with Gasteiger partial charge in [0.25, 0.3) is 5.91 Å². The molecule has 1 aliphatic rings. The lowest BCUT2D eigenvalue weighted by Crippen LogP contribution is -2.52. The van der Waals surface area contributed by atoms with Gasteiger partial charge in [0, 0.05) is 26.1 Å². The number of likely N-dealkylation sites (tertiary alicyclic amines) is 1. The first-order valence-electron chi connectivity index (χ1n) is 7.80. The van der Waals surface area contributed by atoms with Crippen LogP contribution in [0.25, 0.3) is 0 Å². The van der Waals surface area contributed by atoms with Crippen LogP contribution in [-0.4, -0.2) is 53.8 Å². The third-order valence-electron chi connectivity index (χ3n) is 4.37. The van der Waals surface area contributed by atoms with E-state index in [9.17, 15) is 14.7 Å². The van der Waals surface area contributed by atoms with Gasteiger partial charge in [-0.05, 0) is 19.8 Å². The van der Waals surface area contributed by atoms with E-state index in [2.05, 4.69) is 5.16 Å². The number of hydrogen-bond acceptors (Lipinski definition) is 5. The highest BCUT2D eigenvalue weighted by molar-refractivity contribution is 5.96. The maximum Gasteiger partial charge on any atom is 0.313 e. The van der Waals surface area contributed by atoms with Crippen LogP contribution in [0, 0.1) is 12.3 Å². The van der Waals surface area contributed by atoms with Crippen molar-refractivity contribution < 1.29 is 24.0 Å². The highest BCUT2D eigenvalue weighted by Crippen LogP contribution is 2.33. The summed E-state index contributed by atoms with van der Waals surface area (Å²) in [5.74, 6) is -0.564. The lowest BCUT2D eigenvalue weighted by atomic mass is 9.80. The topological polar surface area (TPSA) is 92.9 Å². The van der Waals surface area contributed by atoms with Gasteiger partial charge in [-0.2, -0.15) is 0 Å². The lowest BCUT2D eigenvalue weighted by Gasteiger charge is -2.39. The molecule has 0 bridgehead atoms. The molecule has 0 saturated carbocycles. The van der Waals surface area contributed by atoms with Crippen LogP contribution in [0.15, 0.2) is 4.52 Å². The Kier molecular flexibility index (Phi) is 5.09. The Hall–Kier alpha value is -1.89. The van der Waals surface area contributed by atoms with E-state index >= 15 is 0 Å². The quantitative estimate of drug-likeness (QED) is 0.891. The molecule has 1 N–H and O–H groups in total. The normalized spacial score (nSPS) is 21.7. The van der Waals surface area contributed by atoms with Crippen molar-refractivity contribution >= 4 is 11.9 Å². The molecular weight excluding hydrogens is 300 g/mol. The number of aromatic nitrogens is 1. The molecule has 1 aliphatic heterocycles. The predicted octanol–water partition coefficient (Wildman–Crippen LogP) is 2.06. The second-order valence-electron chi connectivity index (χ2n) is 6.51. The van der Waals surface area contributed by atoms with Crippen LogP contribution in [0.4, 0.5) is 0 Å². The van der Waals surface area contributed by atoms with Crippen molar-refractivity contribution in [2.24, 2.45) is 5.41 Å². The number of aryl methyl sites for hydroxylation is 1. The Balaban J connectivity index is 2.30. The van der Waals surface area contributed by atoms with Crippen LogP contribution in [0.2, 0.25) is 0 Å². The number of rotatable bonds is 5. The first kappa shape index (κ1) is 17.5. The van der Waals surface area contributed by atoms with Crippen molar-refractivity contribution in [2.45, 2.75) is 39.5 Å². The number of methoxy groups -OCH3 is 1. The second-order valence-corrected chi connectivity index (χ2v) is 6.51. The van der Waals surface area contributed by atoms with E-state index in [0.717, 1.165) is 0 Å². The summed E-state index contributed by atoms with van der Waals surface area (Å²) in [7, 11) is 1.48. The van der Waals surface area contributed by atoms with Crippen LogP contribution in [0.5, 0.6) is 0 Å². The van der Waals surface area contributed by atoms with Crippen LogP contribution < -0.4 is 0 Å². The van der Waals surface area contributed by atoms with Crippen molar-refractivity contribution in [3.05, 3.63) is 17.0 Å². The number of aliphatic carboxylic acids is 1. The molecule has 23 heavy (non-hydrogen) atoms. The Morgan fingerprint density at radius 1 is 1.48 bits per heavy atom. The molecule has 2 rings (SSSR count). The minimum Gasteiger partial charge on any atom is -0.481 e. The fraction of sp³-hybridized carbons (Fsp3) is 0.688. The summed E-state index contributed by atoms with van der Waals surface area (Å²) in [5, 5.41) is 13.5. The van der Waals surface area contributed by atoms with Gasteiger partial charge in [0.1, 0.15) is 11.0 Å². The molecule has 0 aromatic carbocycles. The molecule has 1 aromatic heterocycles. The van der Waals surface area contributed by atoms with Crippen LogP contribution in [0.1, 0.15) is 54.4 Å². The third kappa shape index (κ3) is 3.24. The third-order valence-corrected chi connectivity index (χ3v) is 4.37. The zero-order chi connectivity index (χ0) is 17.2. The zero-order valence-corrected chi connectivity index (χ0v) is 14.1. The molecule has 1 atom stereocenters. The number of carboxylic acid groups (broad SMARTS) is 1. The summed E-state index contributed by atoms with van der Waals surface area (Å²) in [4.78, 5) is 26.2. The van der Waals surface area contributed by atoms with Gasteiger partial charge < -0.3 is 19.3 Å². The Labute approximate surface area is 135 Å². The number of carboxylic acids is 1. The van der Waals surface area contributed by atoms with E-state index in [1.165, 1.54) is 7.11 Å². The summed E-state index contributed by atoms with van der Waals surface area (Å²) < 4.78 is 10.4. The number of hydrogen-bond donors (Lipinski definition) is 1. The van der Waals surface area contributed by atoms with Crippen LogP contribution in [-0.2, 0) is 9.53 Å². The monoisotopic (exact) mass is 324 g/mol. The maximum atomic E-state index is 12.9. The molecule has 128 valence electrons. The van der Waals surface area contributed by atoms with Crippen LogP contribution >= 0.6 is 0 Å².